The third kappa shape index (κ3) is 2.33. The number of hydrogen-bond donors (Lipinski definition) is 1. The molecule has 2 aliphatic rings. The minimum Gasteiger partial charge on any atom is -0.333 e. The maximum Gasteiger partial charge on any atom is 0.143 e. The van der Waals surface area contributed by atoms with Crippen molar-refractivity contribution >= 4 is 5.78 Å². The molecule has 2 heteroatoms. The van der Waals surface area contributed by atoms with E-state index in [1.54, 1.807) is 0 Å². The fourth-order valence-electron chi connectivity index (χ4n) is 4.95. The van der Waals surface area contributed by atoms with Gasteiger partial charge in [-0.25, -0.2) is 0 Å². The van der Waals surface area contributed by atoms with Crippen LogP contribution < -0.4 is 5.32 Å². The lowest BCUT2D eigenvalue weighted by atomic mass is 9.62. The van der Waals surface area contributed by atoms with Gasteiger partial charge in [0.05, 0.1) is 5.92 Å². The van der Waals surface area contributed by atoms with Crippen molar-refractivity contribution in [3.8, 4) is 0 Å². The standard InChI is InChI=1S/C21H23NO/c1-21-14-8-13-17(23)18(21)19(15-9-4-2-5-10-15)22-20(21)16-11-6-3-7-12-16/h2-7,9-12,18-20,22H,8,13-14H2,1H3/p+1/t18-,19-,20+,21+/m0/s1. The molecule has 2 nitrogen and oxygen atoms in total. The summed E-state index contributed by atoms with van der Waals surface area (Å²) in [6.07, 6.45) is 2.92. The summed E-state index contributed by atoms with van der Waals surface area (Å²) in [7, 11) is 0. The molecule has 4 rings (SSSR count). The van der Waals surface area contributed by atoms with Gasteiger partial charge in [-0.05, 0) is 12.8 Å². The first-order valence-corrected chi connectivity index (χ1v) is 8.68. The molecule has 0 aromatic heterocycles. The first-order valence-electron chi connectivity index (χ1n) is 8.68. The van der Waals surface area contributed by atoms with Crippen molar-refractivity contribution in [2.75, 3.05) is 0 Å². The maximum atomic E-state index is 12.8. The predicted octanol–water partition coefficient (Wildman–Crippen LogP) is 3.42. The molecule has 4 atom stereocenters. The number of ketones is 1. The Labute approximate surface area is 137 Å². The molecule has 2 aromatic carbocycles. The van der Waals surface area contributed by atoms with Crippen LogP contribution in [0.3, 0.4) is 0 Å². The average Bonchev–Trinajstić information content (AvgIpc) is 2.91. The fourth-order valence-corrected chi connectivity index (χ4v) is 4.95. The van der Waals surface area contributed by atoms with Crippen LogP contribution in [0.15, 0.2) is 60.7 Å². The Bertz CT molecular complexity index is 696. The topological polar surface area (TPSA) is 33.7 Å². The summed E-state index contributed by atoms with van der Waals surface area (Å²) < 4.78 is 0. The van der Waals surface area contributed by atoms with Crippen LogP contribution in [0.25, 0.3) is 0 Å². The quantitative estimate of drug-likeness (QED) is 0.906. The van der Waals surface area contributed by atoms with Gasteiger partial charge in [-0.3, -0.25) is 4.79 Å². The third-order valence-corrected chi connectivity index (χ3v) is 6.01. The number of carbonyl (C=O) groups excluding carboxylic acids is 1. The smallest absolute Gasteiger partial charge is 0.143 e. The molecule has 0 unspecified atom stereocenters. The Morgan fingerprint density at radius 3 is 2.22 bits per heavy atom. The van der Waals surface area contributed by atoms with Crippen LogP contribution in [0.1, 0.15) is 49.4 Å². The van der Waals surface area contributed by atoms with Crippen LogP contribution >= 0.6 is 0 Å². The normalized spacial score (nSPS) is 33.4. The molecule has 0 radical (unpaired) electrons. The second-order valence-electron chi connectivity index (χ2n) is 7.32. The molecular formula is C21H24NO+. The molecule has 2 fully saturated rings. The molecule has 2 N–H and O–H groups in total. The van der Waals surface area contributed by atoms with Crippen molar-refractivity contribution in [1.82, 2.24) is 0 Å². The van der Waals surface area contributed by atoms with Crippen molar-refractivity contribution in [3.63, 3.8) is 0 Å². The van der Waals surface area contributed by atoms with Crippen molar-refractivity contribution < 1.29 is 10.1 Å². The zero-order valence-corrected chi connectivity index (χ0v) is 13.6. The summed E-state index contributed by atoms with van der Waals surface area (Å²) >= 11 is 0. The zero-order chi connectivity index (χ0) is 15.9. The fraction of sp³-hybridized carbons (Fsp3) is 0.381. The summed E-state index contributed by atoms with van der Waals surface area (Å²) in [5.41, 5.74) is 2.70. The van der Waals surface area contributed by atoms with Gasteiger partial charge in [0.25, 0.3) is 0 Å². The molecular weight excluding hydrogens is 282 g/mol. The van der Waals surface area contributed by atoms with Gasteiger partial charge in [-0.1, -0.05) is 67.6 Å². The molecule has 1 aliphatic heterocycles. The van der Waals surface area contributed by atoms with Crippen LogP contribution in [0, 0.1) is 11.3 Å². The SMILES string of the molecule is C[C@@]12CCCC(=O)[C@H]1[C@H](c1ccccc1)[NH2+][C@@H]2c1ccccc1. The maximum absolute atomic E-state index is 12.8. The van der Waals surface area contributed by atoms with Gasteiger partial charge < -0.3 is 5.32 Å². The third-order valence-electron chi connectivity index (χ3n) is 6.01. The Hall–Kier alpha value is -1.93. The van der Waals surface area contributed by atoms with Gasteiger partial charge in [-0.2, -0.15) is 0 Å². The highest BCUT2D eigenvalue weighted by Gasteiger charge is 2.60. The first kappa shape index (κ1) is 14.6. The van der Waals surface area contributed by atoms with E-state index in [1.165, 1.54) is 11.1 Å². The van der Waals surface area contributed by atoms with E-state index in [4.69, 9.17) is 0 Å². The molecule has 1 aliphatic carbocycles. The van der Waals surface area contributed by atoms with Crippen LogP contribution in [0.4, 0.5) is 0 Å². The van der Waals surface area contributed by atoms with E-state index in [2.05, 4.69) is 72.9 Å². The van der Waals surface area contributed by atoms with E-state index in [9.17, 15) is 4.79 Å². The van der Waals surface area contributed by atoms with E-state index in [0.717, 1.165) is 19.3 Å². The van der Waals surface area contributed by atoms with E-state index >= 15 is 0 Å². The van der Waals surface area contributed by atoms with E-state index in [-0.39, 0.29) is 17.4 Å². The second kappa shape index (κ2) is 5.61. The van der Waals surface area contributed by atoms with Gasteiger partial charge >= 0.3 is 0 Å². The number of carbonyl (C=O) groups is 1. The van der Waals surface area contributed by atoms with Crippen molar-refractivity contribution in [1.29, 1.82) is 0 Å². The van der Waals surface area contributed by atoms with Gasteiger partial charge in [0.2, 0.25) is 0 Å². The number of rotatable bonds is 2. The summed E-state index contributed by atoms with van der Waals surface area (Å²) in [5.74, 6) is 0.589. The van der Waals surface area contributed by atoms with E-state index in [1.807, 2.05) is 0 Å². The van der Waals surface area contributed by atoms with Crippen LogP contribution in [-0.2, 0) is 4.79 Å². The molecule has 23 heavy (non-hydrogen) atoms. The minimum atomic E-state index is 0.0528. The van der Waals surface area contributed by atoms with Crippen LogP contribution in [0.5, 0.6) is 0 Å². The number of quaternary nitrogens is 1. The number of nitrogens with two attached hydrogens (primary N) is 1. The molecule has 118 valence electrons. The monoisotopic (exact) mass is 306 g/mol. The molecule has 1 saturated heterocycles. The average molecular weight is 306 g/mol. The molecule has 0 bridgehead atoms. The summed E-state index contributed by atoms with van der Waals surface area (Å²) in [4.78, 5) is 12.8. The number of fused-ring (bicyclic) bond motifs is 1. The molecule has 0 spiro atoms. The first-order chi connectivity index (χ1) is 11.2. The lowest BCUT2D eigenvalue weighted by Crippen LogP contribution is -2.84. The molecule has 2 aromatic rings. The largest absolute Gasteiger partial charge is 0.333 e. The predicted molar refractivity (Wildman–Crippen MR) is 90.7 cm³/mol. The summed E-state index contributed by atoms with van der Waals surface area (Å²) in [5, 5.41) is 2.46. The zero-order valence-electron chi connectivity index (χ0n) is 13.6. The summed E-state index contributed by atoms with van der Waals surface area (Å²) in [6, 6.07) is 21.9. The Kier molecular flexibility index (Phi) is 3.57. The second-order valence-corrected chi connectivity index (χ2v) is 7.32. The molecule has 0 amide bonds. The molecule has 1 heterocycles. The van der Waals surface area contributed by atoms with Crippen molar-refractivity contribution in [3.05, 3.63) is 71.8 Å². The van der Waals surface area contributed by atoms with Crippen molar-refractivity contribution in [2.24, 2.45) is 11.3 Å². The van der Waals surface area contributed by atoms with Gasteiger partial charge in [0, 0.05) is 23.0 Å². The Morgan fingerprint density at radius 2 is 1.57 bits per heavy atom. The molecule has 1 saturated carbocycles. The Morgan fingerprint density at radius 1 is 0.957 bits per heavy atom. The number of hydrogen-bond acceptors (Lipinski definition) is 1. The lowest BCUT2D eigenvalue weighted by molar-refractivity contribution is -0.720. The minimum absolute atomic E-state index is 0.0528. The van der Waals surface area contributed by atoms with Crippen LogP contribution in [-0.4, -0.2) is 5.78 Å². The summed E-state index contributed by atoms with van der Waals surface area (Å²) in [6.45, 7) is 2.34. The van der Waals surface area contributed by atoms with E-state index < -0.39 is 0 Å². The van der Waals surface area contributed by atoms with Crippen molar-refractivity contribution in [2.45, 2.75) is 38.3 Å². The lowest BCUT2D eigenvalue weighted by Gasteiger charge is -2.36. The van der Waals surface area contributed by atoms with Gasteiger partial charge in [-0.15, -0.1) is 0 Å². The number of Topliss-reactive ketones (excluding diaryl/α,β-unsaturated/α-hetero) is 1. The van der Waals surface area contributed by atoms with Gasteiger partial charge in [0.15, 0.2) is 0 Å². The van der Waals surface area contributed by atoms with E-state index in [0.29, 0.717) is 11.8 Å². The number of benzene rings is 2. The highest BCUT2D eigenvalue weighted by Crippen LogP contribution is 2.54. The van der Waals surface area contributed by atoms with Gasteiger partial charge in [0.1, 0.15) is 17.9 Å². The highest BCUT2D eigenvalue weighted by atomic mass is 16.1. The van der Waals surface area contributed by atoms with Crippen LogP contribution in [0.2, 0.25) is 0 Å². The highest BCUT2D eigenvalue weighted by molar-refractivity contribution is 5.83. The Balaban J connectivity index is 1.79.